The Labute approximate surface area is 421 Å². The van der Waals surface area contributed by atoms with E-state index in [9.17, 15) is 45.6 Å². The highest BCUT2D eigenvalue weighted by Crippen LogP contribution is 2.30. The summed E-state index contributed by atoms with van der Waals surface area (Å²) in [4.78, 5) is 13.2. The molecular formula is C56H97NO13. The molecule has 0 aromatic carbocycles. The largest absolute Gasteiger partial charge is 0.394 e. The Morgan fingerprint density at radius 3 is 1.57 bits per heavy atom. The van der Waals surface area contributed by atoms with Crippen LogP contribution < -0.4 is 5.32 Å². The summed E-state index contributed by atoms with van der Waals surface area (Å²) >= 11 is 0. The Kier molecular flexibility index (Phi) is 38.0. The number of carbonyl (C=O) groups excluding carboxylic acids is 1. The van der Waals surface area contributed by atoms with Crippen LogP contribution in [0.4, 0.5) is 0 Å². The van der Waals surface area contributed by atoms with Crippen LogP contribution in [0, 0.1) is 0 Å². The van der Waals surface area contributed by atoms with E-state index in [0.717, 1.165) is 64.2 Å². The van der Waals surface area contributed by atoms with Crippen molar-refractivity contribution < 1.29 is 64.6 Å². The fourth-order valence-corrected chi connectivity index (χ4v) is 8.47. The van der Waals surface area contributed by atoms with Crippen LogP contribution in [-0.4, -0.2) is 140 Å². The molecule has 0 aromatic heterocycles. The molecule has 9 N–H and O–H groups in total. The minimum atomic E-state index is -1.79. The van der Waals surface area contributed by atoms with Gasteiger partial charge in [0.15, 0.2) is 12.6 Å². The van der Waals surface area contributed by atoms with Crippen LogP contribution >= 0.6 is 0 Å². The predicted molar refractivity (Wildman–Crippen MR) is 277 cm³/mol. The lowest BCUT2D eigenvalue weighted by atomic mass is 9.97. The summed E-state index contributed by atoms with van der Waals surface area (Å²) < 4.78 is 22.7. The summed E-state index contributed by atoms with van der Waals surface area (Å²) in [6.45, 7) is 2.63. The Hall–Kier alpha value is -2.57. The summed E-state index contributed by atoms with van der Waals surface area (Å²) in [7, 11) is 0. The standard InChI is InChI=1S/C56H97NO13/c1-3-5-7-9-11-13-15-17-18-19-20-21-22-23-24-25-26-28-30-32-34-36-38-40-48(61)57-44(45(60)39-37-35-33-31-29-27-16-14-12-10-8-6-4-2)43-67-55-53(66)51(64)54(47(42-59)69-55)70-56-52(65)50(63)49(62)46(41-58)68-56/h5,7,11,13,17-18,20-21,29,31,37,39,44-47,49-56,58-60,62-66H,3-4,6,8-10,12,14-16,19,22-28,30,32-36,38,40-43H2,1-2H3,(H,57,61)/b7-5-,13-11-,18-17-,21-20-,31-29+,39-37+. The molecule has 2 aliphatic rings. The molecule has 14 heteroatoms. The average molecular weight is 992 g/mol. The Morgan fingerprint density at radius 2 is 1.00 bits per heavy atom. The zero-order valence-electron chi connectivity index (χ0n) is 43.0. The summed E-state index contributed by atoms with van der Waals surface area (Å²) in [5, 5.41) is 86.8. The van der Waals surface area contributed by atoms with Gasteiger partial charge < -0.3 is 65.1 Å². The van der Waals surface area contributed by atoms with E-state index in [2.05, 4.69) is 79.9 Å². The van der Waals surface area contributed by atoms with Gasteiger partial charge in [-0.2, -0.15) is 0 Å². The first-order valence-electron chi connectivity index (χ1n) is 27.2. The number of unbranched alkanes of at least 4 members (excludes halogenated alkanes) is 18. The monoisotopic (exact) mass is 992 g/mol. The summed E-state index contributed by atoms with van der Waals surface area (Å²) in [6.07, 6.45) is 36.5. The summed E-state index contributed by atoms with van der Waals surface area (Å²) in [6, 6.07) is -0.936. The maximum Gasteiger partial charge on any atom is 0.220 e. The zero-order valence-corrected chi connectivity index (χ0v) is 43.0. The number of aliphatic hydroxyl groups is 8. The van der Waals surface area contributed by atoms with Crippen molar-refractivity contribution in [2.75, 3.05) is 19.8 Å². The number of carbonyl (C=O) groups is 1. The normalized spacial score (nSPS) is 26.5. The Balaban J connectivity index is 1.79. The van der Waals surface area contributed by atoms with Crippen molar-refractivity contribution in [1.82, 2.24) is 5.32 Å². The Morgan fingerprint density at radius 1 is 0.529 bits per heavy atom. The fourth-order valence-electron chi connectivity index (χ4n) is 8.47. The smallest absolute Gasteiger partial charge is 0.220 e. The fraction of sp³-hybridized carbons (Fsp3) is 0.768. The molecule has 0 saturated carbocycles. The van der Waals surface area contributed by atoms with Crippen molar-refractivity contribution in [3.8, 4) is 0 Å². The molecule has 0 spiro atoms. The number of ether oxygens (including phenoxy) is 4. The van der Waals surface area contributed by atoms with Gasteiger partial charge in [-0.1, -0.05) is 177 Å². The van der Waals surface area contributed by atoms with E-state index in [1.807, 2.05) is 6.08 Å². The summed E-state index contributed by atoms with van der Waals surface area (Å²) in [5.74, 6) is -0.258. The topological polar surface area (TPSA) is 228 Å². The molecule has 70 heavy (non-hydrogen) atoms. The van der Waals surface area contributed by atoms with Gasteiger partial charge in [0, 0.05) is 6.42 Å². The molecule has 2 saturated heterocycles. The Bertz CT molecular complexity index is 1450. The van der Waals surface area contributed by atoms with Gasteiger partial charge in [-0.3, -0.25) is 4.79 Å². The molecule has 0 radical (unpaired) electrons. The number of hydrogen-bond donors (Lipinski definition) is 9. The van der Waals surface area contributed by atoms with Crippen LogP contribution in [0.3, 0.4) is 0 Å². The molecule has 0 aromatic rings. The van der Waals surface area contributed by atoms with Crippen molar-refractivity contribution >= 4 is 5.91 Å². The van der Waals surface area contributed by atoms with E-state index >= 15 is 0 Å². The second kappa shape index (κ2) is 41.9. The van der Waals surface area contributed by atoms with Gasteiger partial charge in [0.2, 0.25) is 5.91 Å². The number of amides is 1. The van der Waals surface area contributed by atoms with E-state index in [-0.39, 0.29) is 18.9 Å². The lowest BCUT2D eigenvalue weighted by Crippen LogP contribution is -2.65. The third kappa shape index (κ3) is 28.0. The predicted octanol–water partition coefficient (Wildman–Crippen LogP) is 7.99. The van der Waals surface area contributed by atoms with Gasteiger partial charge in [0.05, 0.1) is 32.0 Å². The number of allylic oxidation sites excluding steroid dienone is 11. The van der Waals surface area contributed by atoms with E-state index in [1.165, 1.54) is 83.5 Å². The molecule has 2 heterocycles. The van der Waals surface area contributed by atoms with E-state index in [4.69, 9.17) is 18.9 Å². The highest BCUT2D eigenvalue weighted by Gasteiger charge is 2.51. The van der Waals surface area contributed by atoms with E-state index in [0.29, 0.717) is 12.8 Å². The molecule has 2 rings (SSSR count). The summed E-state index contributed by atoms with van der Waals surface area (Å²) in [5.41, 5.74) is 0. The van der Waals surface area contributed by atoms with Crippen LogP contribution in [0.25, 0.3) is 0 Å². The van der Waals surface area contributed by atoms with Gasteiger partial charge in [-0.15, -0.1) is 0 Å². The maximum absolute atomic E-state index is 13.2. The van der Waals surface area contributed by atoms with Crippen LogP contribution in [0.5, 0.6) is 0 Å². The first-order chi connectivity index (χ1) is 34.1. The lowest BCUT2D eigenvalue weighted by Gasteiger charge is -2.46. The van der Waals surface area contributed by atoms with Crippen molar-refractivity contribution in [3.05, 3.63) is 72.9 Å². The van der Waals surface area contributed by atoms with Gasteiger partial charge in [0.25, 0.3) is 0 Å². The number of rotatable bonds is 41. The van der Waals surface area contributed by atoms with Gasteiger partial charge >= 0.3 is 0 Å². The highest BCUT2D eigenvalue weighted by molar-refractivity contribution is 5.76. The minimum absolute atomic E-state index is 0.258. The van der Waals surface area contributed by atoms with Gasteiger partial charge in [0.1, 0.15) is 48.8 Å². The van der Waals surface area contributed by atoms with Crippen LogP contribution in [0.15, 0.2) is 72.9 Å². The van der Waals surface area contributed by atoms with Crippen LogP contribution in [0.2, 0.25) is 0 Å². The average Bonchev–Trinajstić information content (AvgIpc) is 3.36. The molecule has 1 amide bonds. The zero-order chi connectivity index (χ0) is 51.0. The van der Waals surface area contributed by atoms with Crippen molar-refractivity contribution in [2.45, 2.75) is 254 Å². The molecule has 2 aliphatic heterocycles. The molecule has 12 unspecified atom stereocenters. The SMILES string of the molecule is CC/C=C\C/C=C\C/C=C\C/C=C\CCCCCCCCCCCCC(=O)NC(COC1OC(CO)C(OC2OC(CO)C(O)C(O)C2O)C(O)C1O)C(O)/C=C/CC/C=C/CCCCCCCCC. The molecule has 12 atom stereocenters. The number of nitrogens with one attached hydrogen (secondary N) is 1. The molecule has 0 aliphatic carbocycles. The molecule has 0 bridgehead atoms. The molecular weight excluding hydrogens is 895 g/mol. The van der Waals surface area contributed by atoms with Crippen LogP contribution in [0.1, 0.15) is 181 Å². The highest BCUT2D eigenvalue weighted by atomic mass is 16.7. The lowest BCUT2D eigenvalue weighted by molar-refractivity contribution is -0.359. The van der Waals surface area contributed by atoms with Crippen molar-refractivity contribution in [1.29, 1.82) is 0 Å². The first kappa shape index (κ1) is 63.5. The maximum atomic E-state index is 13.2. The second-order valence-corrected chi connectivity index (χ2v) is 19.0. The van der Waals surface area contributed by atoms with Crippen LogP contribution in [-0.2, 0) is 23.7 Å². The quantitative estimate of drug-likeness (QED) is 0.0209. The third-order valence-electron chi connectivity index (χ3n) is 12.9. The third-order valence-corrected chi connectivity index (χ3v) is 12.9. The molecule has 2 fully saturated rings. The first-order valence-corrected chi connectivity index (χ1v) is 27.2. The number of aliphatic hydroxyl groups excluding tert-OH is 8. The molecule has 14 nitrogen and oxygen atoms in total. The number of hydrogen-bond acceptors (Lipinski definition) is 13. The van der Waals surface area contributed by atoms with E-state index in [1.54, 1.807) is 6.08 Å². The van der Waals surface area contributed by atoms with Crippen molar-refractivity contribution in [2.24, 2.45) is 0 Å². The second-order valence-electron chi connectivity index (χ2n) is 19.0. The minimum Gasteiger partial charge on any atom is -0.394 e. The van der Waals surface area contributed by atoms with Gasteiger partial charge in [-0.05, 0) is 70.6 Å². The van der Waals surface area contributed by atoms with Crippen molar-refractivity contribution in [3.63, 3.8) is 0 Å². The molecule has 404 valence electrons. The van der Waals surface area contributed by atoms with Gasteiger partial charge in [-0.25, -0.2) is 0 Å². The van der Waals surface area contributed by atoms with E-state index < -0.39 is 86.8 Å².